The average molecular weight is 1330 g/mol. The molecule has 0 heterocycles. The standard InChI is InChI=1S/C51H37NOP2.C41H32NOP/c53-51(45-31-17-18-32-47(45)54(39-21-5-1-6-22-39)40-23-7-2-8-24-40)52-46-35-33-37-19-13-15-29-43(37)49(46)50-44-30-16-14-20-38(44)34-36-48(50)55(41-25-9-3-10-26-41)42-27-11-4-12-28-42;1-28-25-29(2)41(43)32(26-28)27-42-37-23-21-30-13-9-11-19-35(30)39(37)40-36-20-12-10-14-31(36)22-24-38(40)44(33-15-5-3-6-16-33)34-17-7-4-8-18-34/h1-36H,(H,52,53);3-27,43H,1-2H3. The maximum atomic E-state index is 15.0. The number of nitrogens with zero attached hydrogens (tertiary/aromatic N) is 1. The Hall–Kier alpha value is -11.2. The highest BCUT2D eigenvalue weighted by Crippen LogP contribution is 2.48. The van der Waals surface area contributed by atoms with Gasteiger partial charge in [0.15, 0.2) is 0 Å². The van der Waals surface area contributed by atoms with Gasteiger partial charge in [-0.15, -0.1) is 0 Å². The van der Waals surface area contributed by atoms with E-state index in [1.54, 1.807) is 0 Å². The summed E-state index contributed by atoms with van der Waals surface area (Å²) in [4.78, 5) is 20.1. The zero-order valence-electron chi connectivity index (χ0n) is 54.9. The zero-order chi connectivity index (χ0) is 67.0. The van der Waals surface area contributed by atoms with E-state index in [0.29, 0.717) is 5.56 Å². The Morgan fingerprint density at radius 1 is 0.333 bits per heavy atom. The highest BCUT2D eigenvalue weighted by molar-refractivity contribution is 7.81. The summed E-state index contributed by atoms with van der Waals surface area (Å²) in [5.41, 5.74) is 9.48. The quantitative estimate of drug-likeness (QED) is 0.0794. The molecule has 0 aliphatic rings. The van der Waals surface area contributed by atoms with E-state index in [1.807, 2.05) is 62.5 Å². The van der Waals surface area contributed by atoms with Crippen molar-refractivity contribution in [3.05, 3.63) is 386 Å². The number of carbonyl (C=O) groups is 1. The number of anilines is 1. The van der Waals surface area contributed by atoms with Crippen molar-refractivity contribution in [3.8, 4) is 28.0 Å². The molecule has 0 saturated carbocycles. The molecule has 4 nitrogen and oxygen atoms in total. The van der Waals surface area contributed by atoms with Gasteiger partial charge in [-0.05, 0) is 164 Å². The Morgan fingerprint density at radius 2 is 0.667 bits per heavy atom. The third kappa shape index (κ3) is 13.3. The molecule has 2 N–H and O–H groups in total. The number of aryl methyl sites for hydroxylation is 2. The molecule has 0 spiro atoms. The van der Waals surface area contributed by atoms with E-state index in [1.165, 1.54) is 64.2 Å². The number of aromatic hydroxyl groups is 1. The topological polar surface area (TPSA) is 61.7 Å². The highest BCUT2D eigenvalue weighted by Gasteiger charge is 2.29. The summed E-state index contributed by atoms with van der Waals surface area (Å²) in [6.07, 6.45) is 1.81. The Kier molecular flexibility index (Phi) is 18.9. The predicted octanol–water partition coefficient (Wildman–Crippen LogP) is 19.9. The Morgan fingerprint density at radius 3 is 1.10 bits per heavy atom. The van der Waals surface area contributed by atoms with Gasteiger partial charge in [-0.1, -0.05) is 340 Å². The van der Waals surface area contributed by atoms with Crippen molar-refractivity contribution in [1.29, 1.82) is 0 Å². The van der Waals surface area contributed by atoms with Gasteiger partial charge in [0.25, 0.3) is 5.91 Å². The molecule has 16 aromatic carbocycles. The molecule has 16 rings (SSSR count). The van der Waals surface area contributed by atoms with Crippen LogP contribution < -0.4 is 53.1 Å². The van der Waals surface area contributed by atoms with Gasteiger partial charge >= 0.3 is 0 Å². The number of amides is 1. The summed E-state index contributed by atoms with van der Waals surface area (Å²) in [7, 11) is -2.86. The molecule has 0 aromatic heterocycles. The average Bonchev–Trinajstić information content (AvgIpc) is 0.747. The maximum Gasteiger partial charge on any atom is 0.256 e. The lowest BCUT2D eigenvalue weighted by Gasteiger charge is -2.26. The van der Waals surface area contributed by atoms with Crippen molar-refractivity contribution < 1.29 is 9.90 Å². The number of fused-ring (bicyclic) bond motifs is 4. The second-order valence-electron chi connectivity index (χ2n) is 24.5. The number of benzene rings is 16. The Balaban J connectivity index is 0.000000165. The van der Waals surface area contributed by atoms with Crippen molar-refractivity contribution in [2.75, 3.05) is 5.32 Å². The van der Waals surface area contributed by atoms with Crippen molar-refractivity contribution in [2.24, 2.45) is 4.99 Å². The summed E-state index contributed by atoms with van der Waals surface area (Å²) in [5, 5.41) is 34.7. The second-order valence-corrected chi connectivity index (χ2v) is 31.1. The number of phenols is 1. The van der Waals surface area contributed by atoms with E-state index in [-0.39, 0.29) is 11.7 Å². The first-order valence-corrected chi connectivity index (χ1v) is 37.4. The molecule has 0 saturated heterocycles. The molecule has 99 heavy (non-hydrogen) atoms. The zero-order valence-corrected chi connectivity index (χ0v) is 57.5. The van der Waals surface area contributed by atoms with Crippen LogP contribution in [0.1, 0.15) is 27.0 Å². The van der Waals surface area contributed by atoms with Gasteiger partial charge in [-0.3, -0.25) is 9.79 Å². The number of carbonyl (C=O) groups excluding carboxylic acids is 1. The smallest absolute Gasteiger partial charge is 0.256 e. The van der Waals surface area contributed by atoms with E-state index in [9.17, 15) is 9.90 Å². The fraction of sp³-hybridized carbons (Fsp3) is 0.0217. The van der Waals surface area contributed by atoms with E-state index < -0.39 is 23.8 Å². The molecule has 0 aliphatic heterocycles. The molecule has 0 atom stereocenters. The third-order valence-electron chi connectivity index (χ3n) is 18.2. The lowest BCUT2D eigenvalue weighted by molar-refractivity contribution is 0.102. The molecule has 0 aliphatic carbocycles. The predicted molar refractivity (Wildman–Crippen MR) is 429 cm³/mol. The summed E-state index contributed by atoms with van der Waals surface area (Å²) in [6.45, 7) is 3.97. The van der Waals surface area contributed by atoms with Crippen LogP contribution in [0.3, 0.4) is 0 Å². The first kappa shape index (κ1) is 63.8. The normalized spacial score (nSPS) is 11.4. The molecule has 0 radical (unpaired) electrons. The van der Waals surface area contributed by atoms with Gasteiger partial charge in [0.1, 0.15) is 5.75 Å². The van der Waals surface area contributed by atoms with E-state index in [4.69, 9.17) is 4.99 Å². The van der Waals surface area contributed by atoms with Gasteiger partial charge in [0, 0.05) is 45.3 Å². The Labute approximate surface area is 582 Å². The van der Waals surface area contributed by atoms with Crippen LogP contribution in [0.5, 0.6) is 5.75 Å². The van der Waals surface area contributed by atoms with E-state index in [0.717, 1.165) is 77.0 Å². The molecule has 7 heteroatoms. The first-order chi connectivity index (χ1) is 48.8. The van der Waals surface area contributed by atoms with E-state index >= 15 is 0 Å². The molecule has 16 aromatic rings. The van der Waals surface area contributed by atoms with Crippen molar-refractivity contribution in [2.45, 2.75) is 13.8 Å². The maximum absolute atomic E-state index is 15.0. The first-order valence-electron chi connectivity index (χ1n) is 33.4. The summed E-state index contributed by atoms with van der Waals surface area (Å²) in [6, 6.07) is 129. The number of phenolic OH excluding ortho intramolecular Hbond substituents is 1. The molecular weight excluding hydrogens is 1260 g/mol. The van der Waals surface area contributed by atoms with Crippen LogP contribution >= 0.6 is 23.8 Å². The number of hydrogen-bond acceptors (Lipinski definition) is 3. The fourth-order valence-electron chi connectivity index (χ4n) is 13.7. The monoisotopic (exact) mass is 1330 g/mol. The lowest BCUT2D eigenvalue weighted by atomic mass is 9.92. The van der Waals surface area contributed by atoms with Gasteiger partial charge in [0.05, 0.1) is 5.69 Å². The van der Waals surface area contributed by atoms with Crippen molar-refractivity contribution in [3.63, 3.8) is 0 Å². The number of hydrogen-bond donors (Lipinski definition) is 2. The van der Waals surface area contributed by atoms with Crippen LogP contribution in [0.2, 0.25) is 0 Å². The van der Waals surface area contributed by atoms with Gasteiger partial charge < -0.3 is 10.4 Å². The minimum absolute atomic E-state index is 0.123. The van der Waals surface area contributed by atoms with Crippen LogP contribution in [-0.4, -0.2) is 17.2 Å². The molecule has 0 fully saturated rings. The van der Waals surface area contributed by atoms with E-state index in [2.05, 4.69) is 327 Å². The van der Waals surface area contributed by atoms with Crippen LogP contribution in [0.25, 0.3) is 65.3 Å². The minimum atomic E-state index is -1.00. The van der Waals surface area contributed by atoms with Gasteiger partial charge in [-0.25, -0.2) is 0 Å². The SMILES string of the molecule is Cc1cc(C)c(O)c(C=Nc2ccc3ccccc3c2-c2c(P(c3ccccc3)c3ccccc3)ccc3ccccc23)c1.O=C(Nc1ccc2ccccc2c1-c1c(P(c2ccccc2)c2ccccc2)ccc2ccccc12)c1ccccc1P(c1ccccc1)c1ccccc1. The molecule has 0 unspecified atom stereocenters. The Bertz CT molecular complexity index is 5480. The summed E-state index contributed by atoms with van der Waals surface area (Å²) < 4.78 is 0. The molecule has 474 valence electrons. The van der Waals surface area contributed by atoms with Gasteiger partial charge in [0.2, 0.25) is 0 Å². The number of nitrogens with one attached hydrogen (secondary N) is 1. The summed E-state index contributed by atoms with van der Waals surface area (Å²) >= 11 is 0. The lowest BCUT2D eigenvalue weighted by Crippen LogP contribution is -2.27. The van der Waals surface area contributed by atoms with Crippen LogP contribution in [0.4, 0.5) is 11.4 Å². The van der Waals surface area contributed by atoms with Crippen LogP contribution in [0.15, 0.2) is 369 Å². The van der Waals surface area contributed by atoms with Crippen LogP contribution in [0, 0.1) is 13.8 Å². The second kappa shape index (κ2) is 29.2. The number of aliphatic imine (C=N–C) groups is 1. The van der Waals surface area contributed by atoms with Crippen LogP contribution in [-0.2, 0) is 0 Å². The minimum Gasteiger partial charge on any atom is -0.507 e. The largest absolute Gasteiger partial charge is 0.507 e. The fourth-order valence-corrected chi connectivity index (χ4v) is 21.1. The highest BCUT2D eigenvalue weighted by atomic mass is 31.1. The van der Waals surface area contributed by atoms with Crippen molar-refractivity contribution >= 4 is 138 Å². The molecular formula is C92H69N2O2P3. The molecule has 1 amide bonds. The number of rotatable bonds is 15. The molecule has 0 bridgehead atoms. The van der Waals surface area contributed by atoms with Gasteiger partial charge in [-0.2, -0.15) is 0 Å². The third-order valence-corrected chi connectivity index (χ3v) is 25.6. The summed E-state index contributed by atoms with van der Waals surface area (Å²) in [5.74, 6) is 0.144. The van der Waals surface area contributed by atoms with Crippen molar-refractivity contribution in [1.82, 2.24) is 0 Å².